The number of hydrogen-bond acceptors (Lipinski definition) is 5. The van der Waals surface area contributed by atoms with Crippen LogP contribution < -0.4 is 5.73 Å². The Morgan fingerprint density at radius 3 is 2.61 bits per heavy atom. The summed E-state index contributed by atoms with van der Waals surface area (Å²) >= 11 is 7.57. The molecule has 0 atom stereocenters. The fraction of sp³-hybridized carbons (Fsp3) is 0.0952. The fourth-order valence-corrected chi connectivity index (χ4v) is 3.64. The summed E-state index contributed by atoms with van der Waals surface area (Å²) in [6.45, 7) is 1.93. The van der Waals surface area contributed by atoms with Gasteiger partial charge >= 0.3 is 0 Å². The zero-order valence-corrected chi connectivity index (χ0v) is 17.0. The van der Waals surface area contributed by atoms with Gasteiger partial charge < -0.3 is 10.3 Å². The van der Waals surface area contributed by atoms with Gasteiger partial charge in [0.2, 0.25) is 0 Å². The molecule has 2 N–H and O–H groups in total. The lowest BCUT2D eigenvalue weighted by atomic mass is 10.2. The first-order chi connectivity index (χ1) is 13.5. The van der Waals surface area contributed by atoms with E-state index in [1.54, 1.807) is 24.0 Å². The number of nitrogens with two attached hydrogens (primary N) is 1. The third-order valence-electron chi connectivity index (χ3n) is 3.95. The van der Waals surface area contributed by atoms with Crippen molar-refractivity contribution in [3.8, 4) is 17.3 Å². The van der Waals surface area contributed by atoms with Crippen LogP contribution in [0, 0.1) is 11.3 Å². The van der Waals surface area contributed by atoms with Crippen molar-refractivity contribution in [1.29, 1.82) is 5.26 Å². The molecule has 3 aromatic rings. The Hall–Kier alpha value is -3.01. The van der Waals surface area contributed by atoms with Crippen molar-refractivity contribution in [1.82, 2.24) is 14.5 Å². The summed E-state index contributed by atoms with van der Waals surface area (Å²) in [7, 11) is 1.93. The molecular formula is C21H18ClN5S. The van der Waals surface area contributed by atoms with Crippen LogP contribution in [0.2, 0.25) is 5.02 Å². The van der Waals surface area contributed by atoms with Gasteiger partial charge in [-0.2, -0.15) is 5.26 Å². The van der Waals surface area contributed by atoms with Crippen molar-refractivity contribution in [3.63, 3.8) is 0 Å². The molecule has 0 spiro atoms. The maximum atomic E-state index is 9.00. The lowest BCUT2D eigenvalue weighted by molar-refractivity contribution is 0.807. The van der Waals surface area contributed by atoms with Crippen molar-refractivity contribution in [2.75, 3.05) is 0 Å². The van der Waals surface area contributed by atoms with Crippen LogP contribution in [0.15, 0.2) is 70.7 Å². The van der Waals surface area contributed by atoms with Gasteiger partial charge in [-0.3, -0.25) is 0 Å². The number of halogens is 1. The highest BCUT2D eigenvalue weighted by atomic mass is 35.5. The highest BCUT2D eigenvalue weighted by Crippen LogP contribution is 2.37. The van der Waals surface area contributed by atoms with Crippen molar-refractivity contribution < 1.29 is 0 Å². The van der Waals surface area contributed by atoms with E-state index < -0.39 is 0 Å². The highest BCUT2D eigenvalue weighted by Gasteiger charge is 2.19. The van der Waals surface area contributed by atoms with E-state index >= 15 is 0 Å². The van der Waals surface area contributed by atoms with Crippen LogP contribution in [0.25, 0.3) is 17.0 Å². The molecule has 0 radical (unpaired) electrons. The van der Waals surface area contributed by atoms with Crippen LogP contribution in [0.5, 0.6) is 0 Å². The summed E-state index contributed by atoms with van der Waals surface area (Å²) in [5, 5.41) is 10.6. The van der Waals surface area contributed by atoms with Gasteiger partial charge in [-0.25, -0.2) is 9.97 Å². The van der Waals surface area contributed by atoms with E-state index in [1.807, 2.05) is 73.2 Å². The van der Waals surface area contributed by atoms with Gasteiger partial charge in [-0.1, -0.05) is 35.5 Å². The molecule has 0 bridgehead atoms. The minimum absolute atomic E-state index is 0.360. The average Bonchev–Trinajstić information content (AvgIpc) is 3.04. The Morgan fingerprint density at radius 1 is 1.25 bits per heavy atom. The Kier molecular flexibility index (Phi) is 6.19. The number of aromatic nitrogens is 3. The van der Waals surface area contributed by atoms with Crippen LogP contribution in [-0.4, -0.2) is 14.5 Å². The predicted octanol–water partition coefficient (Wildman–Crippen LogP) is 5.03. The predicted molar refractivity (Wildman–Crippen MR) is 114 cm³/mol. The minimum Gasteiger partial charge on any atom is -0.396 e. The third-order valence-corrected chi connectivity index (χ3v) is 5.37. The normalized spacial score (nSPS) is 11.7. The topological polar surface area (TPSA) is 80.5 Å². The van der Waals surface area contributed by atoms with Crippen molar-refractivity contribution in [3.05, 3.63) is 77.4 Å². The van der Waals surface area contributed by atoms with Gasteiger partial charge in [-0.05, 0) is 49.4 Å². The summed E-state index contributed by atoms with van der Waals surface area (Å²) in [5.41, 5.74) is 8.74. The monoisotopic (exact) mass is 407 g/mol. The van der Waals surface area contributed by atoms with Crippen molar-refractivity contribution in [2.24, 2.45) is 12.8 Å². The van der Waals surface area contributed by atoms with Crippen molar-refractivity contribution >= 4 is 29.1 Å². The molecule has 2 heterocycles. The molecule has 0 saturated carbocycles. The average molecular weight is 408 g/mol. The maximum Gasteiger partial charge on any atom is 0.157 e. The zero-order valence-electron chi connectivity index (χ0n) is 15.4. The molecule has 3 rings (SSSR count). The molecule has 0 aliphatic carbocycles. The van der Waals surface area contributed by atoms with Crippen molar-refractivity contribution in [2.45, 2.75) is 16.8 Å². The Balaban J connectivity index is 2.12. The number of nitriles is 1. The Bertz CT molecular complexity index is 1070. The maximum absolute atomic E-state index is 9.00. The standard InChI is InChI=1S/C21H18ClN5S/c1-3-4-5-18(24)20-26-19(14-6-9-16(12-23)25-13-14)21(27(20)2)28-17-10-7-15(22)8-11-17/h3-11,13H,24H2,1-2H3/b4-3-,18-5-. The first-order valence-corrected chi connectivity index (χ1v) is 9.68. The van der Waals surface area contributed by atoms with E-state index in [9.17, 15) is 0 Å². The van der Waals surface area contributed by atoms with E-state index in [2.05, 4.69) is 4.98 Å². The van der Waals surface area contributed by atoms with Crippen LogP contribution in [-0.2, 0) is 7.05 Å². The molecular weight excluding hydrogens is 390 g/mol. The van der Waals surface area contributed by atoms with Gasteiger partial charge in [0.1, 0.15) is 22.5 Å². The number of allylic oxidation sites excluding steroid dienone is 3. The zero-order chi connectivity index (χ0) is 20.1. The molecule has 0 saturated heterocycles. The second-order valence-corrected chi connectivity index (χ2v) is 7.39. The first-order valence-electron chi connectivity index (χ1n) is 8.49. The molecule has 0 fully saturated rings. The van der Waals surface area contributed by atoms with E-state index in [-0.39, 0.29) is 0 Å². The summed E-state index contributed by atoms with van der Waals surface area (Å²) in [6, 6.07) is 13.2. The highest BCUT2D eigenvalue weighted by molar-refractivity contribution is 7.99. The number of imidazole rings is 1. The number of hydrogen-bond donors (Lipinski definition) is 1. The minimum atomic E-state index is 0.360. The molecule has 2 aromatic heterocycles. The van der Waals surface area contributed by atoms with Gasteiger partial charge in [0.15, 0.2) is 5.82 Å². The summed E-state index contributed by atoms with van der Waals surface area (Å²) in [4.78, 5) is 9.97. The van der Waals surface area contributed by atoms with Crippen LogP contribution >= 0.6 is 23.4 Å². The Morgan fingerprint density at radius 2 is 2.00 bits per heavy atom. The molecule has 7 heteroatoms. The van der Waals surface area contributed by atoms with Gasteiger partial charge in [0.05, 0.1) is 5.70 Å². The fourth-order valence-electron chi connectivity index (χ4n) is 2.54. The van der Waals surface area contributed by atoms with E-state index in [0.29, 0.717) is 22.2 Å². The van der Waals surface area contributed by atoms with Gasteiger partial charge in [0.25, 0.3) is 0 Å². The van der Waals surface area contributed by atoms with Crippen LogP contribution in [0.1, 0.15) is 18.4 Å². The molecule has 0 unspecified atom stereocenters. The van der Waals surface area contributed by atoms with Gasteiger partial charge in [-0.15, -0.1) is 0 Å². The smallest absolute Gasteiger partial charge is 0.157 e. The molecule has 0 amide bonds. The SMILES string of the molecule is C/C=C\C=C(/N)c1nc(-c2ccc(C#N)nc2)c(Sc2ccc(Cl)cc2)n1C. The molecule has 28 heavy (non-hydrogen) atoms. The van der Waals surface area contributed by atoms with Gasteiger partial charge in [0, 0.05) is 28.7 Å². The summed E-state index contributed by atoms with van der Waals surface area (Å²) < 4.78 is 1.96. The third kappa shape index (κ3) is 4.28. The molecule has 1 aromatic carbocycles. The largest absolute Gasteiger partial charge is 0.396 e. The number of pyridine rings is 1. The lowest BCUT2D eigenvalue weighted by Crippen LogP contribution is -2.04. The van der Waals surface area contributed by atoms with E-state index in [1.165, 1.54) is 0 Å². The van der Waals surface area contributed by atoms with Crippen LogP contribution in [0.4, 0.5) is 0 Å². The Labute approximate surface area is 173 Å². The summed E-state index contributed by atoms with van der Waals surface area (Å²) in [6.07, 6.45) is 7.26. The molecule has 0 aliphatic rings. The van der Waals surface area contributed by atoms with E-state index in [4.69, 9.17) is 27.6 Å². The number of rotatable bonds is 5. The molecule has 140 valence electrons. The quantitative estimate of drug-likeness (QED) is 0.599. The molecule has 0 aliphatic heterocycles. The summed E-state index contributed by atoms with van der Waals surface area (Å²) in [5.74, 6) is 0.661. The second kappa shape index (κ2) is 8.79. The second-order valence-electron chi connectivity index (χ2n) is 5.90. The lowest BCUT2D eigenvalue weighted by Gasteiger charge is -2.07. The van der Waals surface area contributed by atoms with E-state index in [0.717, 1.165) is 21.2 Å². The molecule has 5 nitrogen and oxygen atoms in total. The first kappa shape index (κ1) is 19.7. The number of benzene rings is 1. The number of nitrogens with zero attached hydrogens (tertiary/aromatic N) is 4. The van der Waals surface area contributed by atoms with Crippen LogP contribution in [0.3, 0.4) is 0 Å².